The van der Waals surface area contributed by atoms with E-state index in [2.05, 4.69) is 25.5 Å². The molecule has 0 unspecified atom stereocenters. The zero-order chi connectivity index (χ0) is 23.1. The van der Waals surface area contributed by atoms with Crippen molar-refractivity contribution < 1.29 is 4.79 Å². The lowest BCUT2D eigenvalue weighted by Gasteiger charge is -2.10. The molecule has 5 aromatic rings. The Morgan fingerprint density at radius 3 is 2.71 bits per heavy atom. The van der Waals surface area contributed by atoms with Crippen molar-refractivity contribution in [1.82, 2.24) is 39.8 Å². The van der Waals surface area contributed by atoms with Crippen molar-refractivity contribution in [2.75, 3.05) is 0 Å². The van der Waals surface area contributed by atoms with Crippen molar-refractivity contribution >= 4 is 16.9 Å². The van der Waals surface area contributed by atoms with Gasteiger partial charge in [-0.3, -0.25) is 4.79 Å². The number of pyridine rings is 3. The van der Waals surface area contributed by atoms with Crippen LogP contribution in [0.3, 0.4) is 0 Å². The first-order valence-corrected chi connectivity index (χ1v) is 11.2. The summed E-state index contributed by atoms with van der Waals surface area (Å²) in [4.78, 5) is 27.1. The van der Waals surface area contributed by atoms with E-state index in [0.717, 1.165) is 41.0 Å². The molecule has 0 atom stereocenters. The van der Waals surface area contributed by atoms with Crippen molar-refractivity contribution in [1.29, 1.82) is 0 Å². The van der Waals surface area contributed by atoms with Crippen molar-refractivity contribution in [2.24, 2.45) is 0 Å². The van der Waals surface area contributed by atoms with Crippen LogP contribution in [-0.2, 0) is 6.54 Å². The number of aryl methyl sites for hydroxylation is 1. The molecule has 0 aromatic carbocycles. The number of aromatic nitrogens is 7. The van der Waals surface area contributed by atoms with E-state index in [-0.39, 0.29) is 5.91 Å². The molecule has 5 heterocycles. The molecule has 168 valence electrons. The Bertz CT molecular complexity index is 1470. The molecule has 0 bridgehead atoms. The topological polar surface area (TPSA) is 103 Å². The van der Waals surface area contributed by atoms with Crippen molar-refractivity contribution in [2.45, 2.75) is 32.2 Å². The van der Waals surface area contributed by atoms with Crippen LogP contribution in [0.5, 0.6) is 0 Å². The number of fused-ring (bicyclic) bond motifs is 1. The van der Waals surface area contributed by atoms with E-state index in [4.69, 9.17) is 4.98 Å². The molecule has 1 saturated carbocycles. The second-order valence-electron chi connectivity index (χ2n) is 8.41. The zero-order valence-electron chi connectivity index (χ0n) is 18.6. The monoisotopic (exact) mass is 450 g/mol. The smallest absolute Gasteiger partial charge is 0.252 e. The van der Waals surface area contributed by atoms with Gasteiger partial charge in [-0.15, -0.1) is 0 Å². The minimum Gasteiger partial charge on any atom is -0.348 e. The summed E-state index contributed by atoms with van der Waals surface area (Å²) in [7, 11) is 0. The van der Waals surface area contributed by atoms with Crippen molar-refractivity contribution in [3.05, 3.63) is 89.8 Å². The summed E-state index contributed by atoms with van der Waals surface area (Å²) in [6.45, 7) is 2.26. The maximum Gasteiger partial charge on any atom is 0.252 e. The van der Waals surface area contributed by atoms with Crippen LogP contribution < -0.4 is 5.32 Å². The Balaban J connectivity index is 1.31. The average molecular weight is 451 g/mol. The summed E-state index contributed by atoms with van der Waals surface area (Å²) >= 11 is 0. The first kappa shape index (κ1) is 20.2. The molecule has 6 rings (SSSR count). The summed E-state index contributed by atoms with van der Waals surface area (Å²) in [5, 5.41) is 12.6. The zero-order valence-corrected chi connectivity index (χ0v) is 18.6. The number of carbonyl (C=O) groups excluding carboxylic acids is 1. The molecular weight excluding hydrogens is 428 g/mol. The maximum atomic E-state index is 13.4. The number of hydrogen-bond donors (Lipinski definition) is 1. The lowest BCUT2D eigenvalue weighted by molar-refractivity contribution is 0.0952. The molecule has 0 saturated heterocycles. The highest BCUT2D eigenvalue weighted by Crippen LogP contribution is 2.40. The molecule has 0 aliphatic heterocycles. The third kappa shape index (κ3) is 3.71. The predicted octanol–water partition coefficient (Wildman–Crippen LogP) is 3.51. The average Bonchev–Trinajstić information content (AvgIpc) is 3.48. The number of nitrogens with zero attached hydrogens (tertiary/aromatic N) is 7. The second kappa shape index (κ2) is 8.18. The Morgan fingerprint density at radius 1 is 1.09 bits per heavy atom. The second-order valence-corrected chi connectivity index (χ2v) is 8.41. The van der Waals surface area contributed by atoms with Gasteiger partial charge in [0, 0.05) is 42.9 Å². The minimum absolute atomic E-state index is 0.158. The molecule has 34 heavy (non-hydrogen) atoms. The lowest BCUT2D eigenvalue weighted by atomic mass is 10.1. The van der Waals surface area contributed by atoms with Gasteiger partial charge in [0.25, 0.3) is 5.91 Å². The molecular formula is C25H22N8O. The SMILES string of the molecule is Cc1nn(-c2ccccn2)c2nc(C3CC3)cc(C(=O)NCc3ccc(-n4cccn4)nc3)c12. The van der Waals surface area contributed by atoms with Crippen LogP contribution in [0.15, 0.2) is 67.3 Å². The quantitative estimate of drug-likeness (QED) is 0.425. The van der Waals surface area contributed by atoms with Gasteiger partial charge in [-0.25, -0.2) is 19.6 Å². The largest absolute Gasteiger partial charge is 0.348 e. The minimum atomic E-state index is -0.158. The van der Waals surface area contributed by atoms with Gasteiger partial charge in [0.05, 0.1) is 16.6 Å². The van der Waals surface area contributed by atoms with Gasteiger partial charge in [0.2, 0.25) is 0 Å². The van der Waals surface area contributed by atoms with E-state index >= 15 is 0 Å². The van der Waals surface area contributed by atoms with Crippen molar-refractivity contribution in [3.8, 4) is 11.6 Å². The molecule has 1 N–H and O–H groups in total. The lowest BCUT2D eigenvalue weighted by Crippen LogP contribution is -2.23. The van der Waals surface area contributed by atoms with Crippen LogP contribution in [0.1, 0.15) is 46.1 Å². The molecule has 1 aliphatic carbocycles. The van der Waals surface area contributed by atoms with E-state index in [1.807, 2.05) is 55.6 Å². The predicted molar refractivity (Wildman–Crippen MR) is 126 cm³/mol. The third-order valence-corrected chi connectivity index (χ3v) is 5.94. The van der Waals surface area contributed by atoms with Gasteiger partial charge < -0.3 is 5.32 Å². The molecule has 0 spiro atoms. The molecule has 9 nitrogen and oxygen atoms in total. The van der Waals surface area contributed by atoms with Crippen LogP contribution in [0.25, 0.3) is 22.7 Å². The normalized spacial score (nSPS) is 13.3. The molecule has 1 fully saturated rings. The first-order chi connectivity index (χ1) is 16.7. The van der Waals surface area contributed by atoms with Gasteiger partial charge >= 0.3 is 0 Å². The van der Waals surface area contributed by atoms with Crippen molar-refractivity contribution in [3.63, 3.8) is 0 Å². The Kier molecular flexibility index (Phi) is 4.87. The van der Waals surface area contributed by atoms with Gasteiger partial charge in [0.15, 0.2) is 17.3 Å². The number of nitrogens with one attached hydrogen (secondary N) is 1. The standard InChI is InChI=1S/C25H22N8O/c1-16-23-19(25(34)28-15-17-6-9-21(27-14-17)32-12-4-11-29-32)13-20(18-7-8-18)30-24(23)33(31-16)22-5-2-3-10-26-22/h2-6,9-14,18H,7-8,15H2,1H3,(H,28,34). The fourth-order valence-corrected chi connectivity index (χ4v) is 4.05. The molecule has 5 aromatic heterocycles. The summed E-state index contributed by atoms with van der Waals surface area (Å²) in [5.41, 5.74) is 3.83. The summed E-state index contributed by atoms with van der Waals surface area (Å²) in [6, 6.07) is 13.2. The Hall–Kier alpha value is -4.40. The summed E-state index contributed by atoms with van der Waals surface area (Å²) in [6.07, 6.45) is 9.19. The molecule has 9 heteroatoms. The maximum absolute atomic E-state index is 13.4. The van der Waals surface area contributed by atoms with E-state index in [9.17, 15) is 4.79 Å². The van der Waals surface area contributed by atoms with Gasteiger partial charge in [0.1, 0.15) is 0 Å². The van der Waals surface area contributed by atoms with Crippen LogP contribution in [0.2, 0.25) is 0 Å². The molecule has 0 radical (unpaired) electrons. The van der Waals surface area contributed by atoms with Gasteiger partial charge in [-0.2, -0.15) is 14.9 Å². The molecule has 1 aliphatic rings. The van der Waals surface area contributed by atoms with Crippen LogP contribution in [-0.4, -0.2) is 40.4 Å². The number of carbonyl (C=O) groups is 1. The number of hydrogen-bond acceptors (Lipinski definition) is 6. The summed E-state index contributed by atoms with van der Waals surface area (Å²) < 4.78 is 3.42. The van der Waals surface area contributed by atoms with Gasteiger partial charge in [-0.1, -0.05) is 12.1 Å². The van der Waals surface area contributed by atoms with E-state index in [1.54, 1.807) is 28.0 Å². The fraction of sp³-hybridized carbons (Fsp3) is 0.200. The fourth-order valence-electron chi connectivity index (χ4n) is 4.05. The summed E-state index contributed by atoms with van der Waals surface area (Å²) in [5.74, 6) is 1.63. The molecule has 1 amide bonds. The first-order valence-electron chi connectivity index (χ1n) is 11.2. The highest BCUT2D eigenvalue weighted by atomic mass is 16.1. The Labute approximate surface area is 195 Å². The van der Waals surface area contributed by atoms with Crippen LogP contribution >= 0.6 is 0 Å². The van der Waals surface area contributed by atoms with E-state index < -0.39 is 0 Å². The highest BCUT2D eigenvalue weighted by Gasteiger charge is 2.29. The van der Waals surface area contributed by atoms with Crippen LogP contribution in [0, 0.1) is 6.92 Å². The van der Waals surface area contributed by atoms with Gasteiger partial charge in [-0.05, 0) is 55.7 Å². The van der Waals surface area contributed by atoms with E-state index in [0.29, 0.717) is 29.5 Å². The Morgan fingerprint density at radius 2 is 2.00 bits per heavy atom. The van der Waals surface area contributed by atoms with Crippen LogP contribution in [0.4, 0.5) is 0 Å². The highest BCUT2D eigenvalue weighted by molar-refractivity contribution is 6.06. The third-order valence-electron chi connectivity index (χ3n) is 5.94. The number of amides is 1. The number of rotatable bonds is 6. The van der Waals surface area contributed by atoms with E-state index in [1.165, 1.54) is 0 Å².